The van der Waals surface area contributed by atoms with Gasteiger partial charge in [-0.1, -0.05) is 36.4 Å². The Morgan fingerprint density at radius 3 is 2.58 bits per heavy atom. The molecule has 1 aliphatic carbocycles. The molecule has 0 amide bonds. The highest BCUT2D eigenvalue weighted by Crippen LogP contribution is 2.25. The van der Waals surface area contributed by atoms with Crippen LogP contribution in [0.4, 0.5) is 0 Å². The van der Waals surface area contributed by atoms with Crippen molar-refractivity contribution in [3.05, 3.63) is 47.5 Å². The zero-order valence-corrected chi connectivity index (χ0v) is 18.6. The van der Waals surface area contributed by atoms with Crippen molar-refractivity contribution in [2.24, 2.45) is 4.99 Å². The SMILES string of the molecule is CCNC(=NCC(C)(C)N1CCc2ccccc2C1)NC1CC=CC1.I. The predicted molar refractivity (Wildman–Crippen MR) is 121 cm³/mol. The second-order valence-electron chi connectivity index (χ2n) is 7.73. The van der Waals surface area contributed by atoms with Gasteiger partial charge in [-0.15, -0.1) is 24.0 Å². The van der Waals surface area contributed by atoms with Crippen molar-refractivity contribution in [2.75, 3.05) is 19.6 Å². The standard InChI is InChI=1S/C21H32N4.HI/c1-4-22-20(24-19-11-7-8-12-19)23-16-21(2,3)25-14-13-17-9-5-6-10-18(17)15-25;/h5-10,19H,4,11-16H2,1-3H3,(H2,22,23,24);1H. The van der Waals surface area contributed by atoms with E-state index in [0.717, 1.165) is 51.4 Å². The molecule has 144 valence electrons. The number of rotatable bonds is 5. The van der Waals surface area contributed by atoms with Crippen molar-refractivity contribution in [3.8, 4) is 0 Å². The zero-order chi connectivity index (χ0) is 17.7. The molecule has 0 saturated carbocycles. The summed E-state index contributed by atoms with van der Waals surface area (Å²) in [5.41, 5.74) is 3.01. The van der Waals surface area contributed by atoms with Gasteiger partial charge in [0.25, 0.3) is 0 Å². The first-order chi connectivity index (χ1) is 12.1. The fourth-order valence-corrected chi connectivity index (χ4v) is 3.63. The second-order valence-corrected chi connectivity index (χ2v) is 7.73. The van der Waals surface area contributed by atoms with E-state index in [1.165, 1.54) is 11.1 Å². The Morgan fingerprint density at radius 2 is 1.88 bits per heavy atom. The van der Waals surface area contributed by atoms with E-state index < -0.39 is 0 Å². The van der Waals surface area contributed by atoms with Gasteiger partial charge in [0.1, 0.15) is 0 Å². The summed E-state index contributed by atoms with van der Waals surface area (Å²) in [4.78, 5) is 7.47. The lowest BCUT2D eigenvalue weighted by Crippen LogP contribution is -2.50. The molecule has 4 nitrogen and oxygen atoms in total. The molecule has 0 spiro atoms. The third kappa shape index (κ3) is 5.46. The number of nitrogens with zero attached hydrogens (tertiary/aromatic N) is 2. The molecule has 5 heteroatoms. The topological polar surface area (TPSA) is 39.7 Å². The van der Waals surface area contributed by atoms with Gasteiger partial charge in [0, 0.05) is 31.2 Å². The molecule has 2 N–H and O–H groups in total. The van der Waals surface area contributed by atoms with Gasteiger partial charge in [0.05, 0.1) is 6.54 Å². The summed E-state index contributed by atoms with van der Waals surface area (Å²) < 4.78 is 0. The van der Waals surface area contributed by atoms with E-state index in [1.54, 1.807) is 0 Å². The van der Waals surface area contributed by atoms with E-state index in [-0.39, 0.29) is 29.5 Å². The van der Waals surface area contributed by atoms with Crippen LogP contribution in [0.25, 0.3) is 0 Å². The minimum Gasteiger partial charge on any atom is -0.357 e. The van der Waals surface area contributed by atoms with Gasteiger partial charge < -0.3 is 10.6 Å². The fraction of sp³-hybridized carbons (Fsp3) is 0.571. The van der Waals surface area contributed by atoms with Gasteiger partial charge in [0.15, 0.2) is 5.96 Å². The maximum Gasteiger partial charge on any atom is 0.191 e. The molecule has 0 atom stereocenters. The first-order valence-corrected chi connectivity index (χ1v) is 9.60. The molecule has 0 radical (unpaired) electrons. The van der Waals surface area contributed by atoms with E-state index >= 15 is 0 Å². The maximum atomic E-state index is 4.90. The monoisotopic (exact) mass is 468 g/mol. The number of fused-ring (bicyclic) bond motifs is 1. The predicted octanol–water partition coefficient (Wildman–Crippen LogP) is 3.72. The minimum atomic E-state index is 0. The minimum absolute atomic E-state index is 0. The molecule has 2 aliphatic rings. The van der Waals surface area contributed by atoms with E-state index in [2.05, 4.69) is 72.7 Å². The number of benzene rings is 1. The van der Waals surface area contributed by atoms with Crippen LogP contribution in [0.5, 0.6) is 0 Å². The van der Waals surface area contributed by atoms with Crippen LogP contribution >= 0.6 is 24.0 Å². The highest BCUT2D eigenvalue weighted by Gasteiger charge is 2.29. The third-order valence-electron chi connectivity index (χ3n) is 5.30. The molecule has 1 heterocycles. The molecule has 3 rings (SSSR count). The molecule has 0 bridgehead atoms. The van der Waals surface area contributed by atoms with E-state index in [4.69, 9.17) is 4.99 Å². The summed E-state index contributed by atoms with van der Waals surface area (Å²) in [7, 11) is 0. The number of nitrogens with one attached hydrogen (secondary N) is 2. The highest BCUT2D eigenvalue weighted by molar-refractivity contribution is 14.0. The van der Waals surface area contributed by atoms with Gasteiger partial charge in [-0.2, -0.15) is 0 Å². The van der Waals surface area contributed by atoms with Crippen molar-refractivity contribution < 1.29 is 0 Å². The Balaban J connectivity index is 0.00000243. The molecular formula is C21H33IN4. The summed E-state index contributed by atoms with van der Waals surface area (Å²) in [5.74, 6) is 0.946. The summed E-state index contributed by atoms with van der Waals surface area (Å²) >= 11 is 0. The Bertz CT molecular complexity index is 631. The average molecular weight is 468 g/mol. The van der Waals surface area contributed by atoms with Gasteiger partial charge in [-0.25, -0.2) is 0 Å². The number of hydrogen-bond donors (Lipinski definition) is 2. The molecule has 0 aromatic heterocycles. The zero-order valence-electron chi connectivity index (χ0n) is 16.3. The summed E-state index contributed by atoms with van der Waals surface area (Å²) in [6, 6.07) is 9.31. The van der Waals surface area contributed by atoms with Gasteiger partial charge in [-0.3, -0.25) is 9.89 Å². The van der Waals surface area contributed by atoms with Crippen molar-refractivity contribution >= 4 is 29.9 Å². The van der Waals surface area contributed by atoms with Crippen LogP contribution in [-0.2, 0) is 13.0 Å². The van der Waals surface area contributed by atoms with E-state index in [9.17, 15) is 0 Å². The molecule has 0 saturated heterocycles. The lowest BCUT2D eigenvalue weighted by Gasteiger charge is -2.41. The highest BCUT2D eigenvalue weighted by atomic mass is 127. The smallest absolute Gasteiger partial charge is 0.191 e. The van der Waals surface area contributed by atoms with Crippen LogP contribution in [0.3, 0.4) is 0 Å². The molecule has 26 heavy (non-hydrogen) atoms. The lowest BCUT2D eigenvalue weighted by molar-refractivity contribution is 0.111. The van der Waals surface area contributed by atoms with Crippen LogP contribution in [0.15, 0.2) is 41.4 Å². The van der Waals surface area contributed by atoms with Crippen molar-refractivity contribution in [1.82, 2.24) is 15.5 Å². The normalized spacial score (nSPS) is 18.3. The number of aliphatic imine (C=N–C) groups is 1. The maximum absolute atomic E-state index is 4.90. The summed E-state index contributed by atoms with van der Waals surface area (Å²) in [6.07, 6.45) is 7.81. The van der Waals surface area contributed by atoms with Crippen LogP contribution < -0.4 is 10.6 Å². The van der Waals surface area contributed by atoms with E-state index in [0.29, 0.717) is 6.04 Å². The Kier molecular flexibility index (Phi) is 7.95. The Labute approximate surface area is 175 Å². The van der Waals surface area contributed by atoms with Gasteiger partial charge in [0.2, 0.25) is 0 Å². The summed E-state index contributed by atoms with van der Waals surface area (Å²) in [5, 5.41) is 6.96. The van der Waals surface area contributed by atoms with Crippen LogP contribution in [0.2, 0.25) is 0 Å². The molecule has 0 unspecified atom stereocenters. The van der Waals surface area contributed by atoms with Crippen LogP contribution in [0, 0.1) is 0 Å². The van der Waals surface area contributed by atoms with Crippen LogP contribution in [-0.4, -0.2) is 42.1 Å². The van der Waals surface area contributed by atoms with Crippen LogP contribution in [0.1, 0.15) is 44.7 Å². The third-order valence-corrected chi connectivity index (χ3v) is 5.30. The molecule has 0 fully saturated rings. The van der Waals surface area contributed by atoms with Crippen molar-refractivity contribution in [1.29, 1.82) is 0 Å². The number of guanidine groups is 1. The second kappa shape index (κ2) is 9.74. The summed E-state index contributed by atoms with van der Waals surface area (Å²) in [6.45, 7) is 10.6. The van der Waals surface area contributed by atoms with Gasteiger partial charge in [-0.05, 0) is 51.2 Å². The number of hydrogen-bond acceptors (Lipinski definition) is 2. The average Bonchev–Trinajstić information content (AvgIpc) is 3.12. The van der Waals surface area contributed by atoms with Crippen molar-refractivity contribution in [3.63, 3.8) is 0 Å². The Hall–Kier alpha value is -1.08. The largest absolute Gasteiger partial charge is 0.357 e. The first kappa shape index (κ1) is 21.2. The molecule has 1 aliphatic heterocycles. The molecule has 1 aromatic carbocycles. The first-order valence-electron chi connectivity index (χ1n) is 9.60. The lowest BCUT2D eigenvalue weighted by atomic mass is 9.94. The van der Waals surface area contributed by atoms with E-state index in [1.807, 2.05) is 0 Å². The van der Waals surface area contributed by atoms with Crippen molar-refractivity contribution in [2.45, 2.75) is 58.2 Å². The quantitative estimate of drug-likeness (QED) is 0.300. The Morgan fingerprint density at radius 1 is 1.19 bits per heavy atom. The number of halogens is 1. The molecular weight excluding hydrogens is 435 g/mol. The molecule has 1 aromatic rings. The van der Waals surface area contributed by atoms with Gasteiger partial charge >= 0.3 is 0 Å². The fourth-order valence-electron chi connectivity index (χ4n) is 3.63.